The molecule has 6 aromatic rings. The fraction of sp³-hybridized carbons (Fsp3) is 0.0526. The maximum Gasteiger partial charge on any atom is -0.00203 e. The molecule has 6 rings (SSSR count). The highest BCUT2D eigenvalue weighted by Crippen LogP contribution is 2.42. The highest BCUT2D eigenvalue weighted by atomic mass is 14.2. The van der Waals surface area contributed by atoms with Gasteiger partial charge in [-0.25, -0.2) is 0 Å². The Morgan fingerprint density at radius 1 is 0.526 bits per heavy atom. The summed E-state index contributed by atoms with van der Waals surface area (Å²) in [4.78, 5) is 0. The highest BCUT2D eigenvalue weighted by Gasteiger charge is 2.15. The zero-order chi connectivity index (χ0) is 26.2. The number of rotatable bonds is 6. The molecular weight excluding hydrogens is 456 g/mol. The second-order valence-corrected chi connectivity index (χ2v) is 9.71. The third-order valence-corrected chi connectivity index (χ3v) is 7.74. The number of hydrogen-bond donors (Lipinski definition) is 0. The maximum atomic E-state index is 4.00. The molecule has 0 aromatic heterocycles. The summed E-state index contributed by atoms with van der Waals surface area (Å²) in [5, 5.41) is 7.77. The van der Waals surface area contributed by atoms with Crippen LogP contribution in [0.5, 0.6) is 0 Å². The zero-order valence-electron chi connectivity index (χ0n) is 22.0. The summed E-state index contributed by atoms with van der Waals surface area (Å²) in [5.41, 5.74) is 9.62. The fourth-order valence-electron chi connectivity index (χ4n) is 5.84. The van der Waals surface area contributed by atoms with Crippen molar-refractivity contribution in [2.45, 2.75) is 13.8 Å². The quantitative estimate of drug-likeness (QED) is 0.162. The smallest absolute Gasteiger partial charge is 0.00203 e. The maximum absolute atomic E-state index is 4.00. The first-order chi connectivity index (χ1) is 18.7. The molecule has 0 nitrogen and oxygen atoms in total. The van der Waals surface area contributed by atoms with Gasteiger partial charge in [-0.3, -0.25) is 0 Å². The van der Waals surface area contributed by atoms with Gasteiger partial charge in [0.2, 0.25) is 0 Å². The van der Waals surface area contributed by atoms with Crippen LogP contribution in [0.25, 0.3) is 65.7 Å². The van der Waals surface area contributed by atoms with Crippen molar-refractivity contribution in [1.82, 2.24) is 0 Å². The lowest BCUT2D eigenvalue weighted by molar-refractivity contribution is 1.58. The van der Waals surface area contributed by atoms with E-state index in [0.29, 0.717) is 0 Å². The van der Waals surface area contributed by atoms with Gasteiger partial charge >= 0.3 is 0 Å². The minimum Gasteiger partial charge on any atom is -0.0985 e. The van der Waals surface area contributed by atoms with Gasteiger partial charge in [0.05, 0.1) is 0 Å². The summed E-state index contributed by atoms with van der Waals surface area (Å²) in [6, 6.07) is 35.8. The van der Waals surface area contributed by atoms with E-state index in [1.807, 2.05) is 12.2 Å². The standard InChI is InChI=1S/C38H30/c1-5-25(6-2)29-11-9-13-31(23-29)33-19-15-27-18-22-36-34(20-16-28-17-21-35(33)37(27)38(28)36)32-14-10-12-30(24-32)26(7-3)8-4/h5-24H,1,3H2,2,4H3/b25-6+,26-8+. The molecule has 0 unspecified atom stereocenters. The van der Waals surface area contributed by atoms with E-state index in [2.05, 4.69) is 136 Å². The monoisotopic (exact) mass is 486 g/mol. The van der Waals surface area contributed by atoms with Gasteiger partial charge in [-0.1, -0.05) is 122 Å². The molecule has 0 fully saturated rings. The van der Waals surface area contributed by atoms with Crippen LogP contribution in [-0.2, 0) is 0 Å². The summed E-state index contributed by atoms with van der Waals surface area (Å²) in [6.07, 6.45) is 8.07. The molecule has 38 heavy (non-hydrogen) atoms. The van der Waals surface area contributed by atoms with Gasteiger partial charge in [0.25, 0.3) is 0 Å². The van der Waals surface area contributed by atoms with E-state index in [9.17, 15) is 0 Å². The van der Waals surface area contributed by atoms with Gasteiger partial charge in [0.15, 0.2) is 0 Å². The third kappa shape index (κ3) is 3.78. The molecule has 6 aromatic carbocycles. The molecule has 182 valence electrons. The van der Waals surface area contributed by atoms with Crippen LogP contribution in [0.4, 0.5) is 0 Å². The molecule has 0 aliphatic carbocycles. The molecule has 0 heterocycles. The van der Waals surface area contributed by atoms with Crippen LogP contribution >= 0.6 is 0 Å². The summed E-state index contributed by atoms with van der Waals surface area (Å²) in [7, 11) is 0. The molecule has 0 aliphatic heterocycles. The van der Waals surface area contributed by atoms with E-state index in [4.69, 9.17) is 0 Å². The molecule has 0 amide bonds. The van der Waals surface area contributed by atoms with Crippen LogP contribution in [0.15, 0.2) is 135 Å². The molecule has 0 saturated carbocycles. The van der Waals surface area contributed by atoms with Crippen LogP contribution < -0.4 is 0 Å². The molecule has 0 saturated heterocycles. The largest absolute Gasteiger partial charge is 0.0985 e. The van der Waals surface area contributed by atoms with Gasteiger partial charge < -0.3 is 0 Å². The first-order valence-corrected chi connectivity index (χ1v) is 13.2. The Kier molecular flexibility index (Phi) is 6.02. The first kappa shape index (κ1) is 23.7. The average Bonchev–Trinajstić information content (AvgIpc) is 2.97. The molecule has 0 aliphatic rings. The van der Waals surface area contributed by atoms with E-state index in [0.717, 1.165) is 11.1 Å². The molecule has 0 N–H and O–H groups in total. The van der Waals surface area contributed by atoms with Crippen molar-refractivity contribution >= 4 is 43.5 Å². The summed E-state index contributed by atoms with van der Waals surface area (Å²) in [6.45, 7) is 12.1. The van der Waals surface area contributed by atoms with Crippen LogP contribution in [0.3, 0.4) is 0 Å². The number of benzene rings is 6. The van der Waals surface area contributed by atoms with Crippen molar-refractivity contribution in [1.29, 1.82) is 0 Å². The Labute approximate surface area is 224 Å². The number of allylic oxidation sites excluding steroid dienone is 6. The molecule has 0 heteroatoms. The van der Waals surface area contributed by atoms with Crippen molar-refractivity contribution in [3.63, 3.8) is 0 Å². The lowest BCUT2D eigenvalue weighted by Crippen LogP contribution is -1.90. The van der Waals surface area contributed by atoms with Gasteiger partial charge in [0, 0.05) is 0 Å². The van der Waals surface area contributed by atoms with E-state index < -0.39 is 0 Å². The second-order valence-electron chi connectivity index (χ2n) is 9.71. The molecule has 0 radical (unpaired) electrons. The first-order valence-electron chi connectivity index (χ1n) is 13.2. The SMILES string of the molecule is C=C/C(=C\C)c1cccc(-c2ccc3ccc4c(-c5cccc(/C(C=C)=C/C)c5)ccc5ccc2c3c54)c1. The van der Waals surface area contributed by atoms with Gasteiger partial charge in [0.1, 0.15) is 0 Å². The highest BCUT2D eigenvalue weighted by molar-refractivity contribution is 6.27. The molecule has 0 spiro atoms. The summed E-state index contributed by atoms with van der Waals surface area (Å²) < 4.78 is 0. The van der Waals surface area contributed by atoms with Crippen molar-refractivity contribution < 1.29 is 0 Å². The van der Waals surface area contributed by atoms with Crippen molar-refractivity contribution in [2.75, 3.05) is 0 Å². The third-order valence-electron chi connectivity index (χ3n) is 7.74. The Morgan fingerprint density at radius 3 is 1.34 bits per heavy atom. The molecule has 0 bridgehead atoms. The van der Waals surface area contributed by atoms with E-state index in [-0.39, 0.29) is 0 Å². The van der Waals surface area contributed by atoms with Crippen LogP contribution in [0, 0.1) is 0 Å². The topological polar surface area (TPSA) is 0 Å². The number of hydrogen-bond acceptors (Lipinski definition) is 0. The van der Waals surface area contributed by atoms with Gasteiger partial charge in [-0.15, -0.1) is 0 Å². The predicted octanol–water partition coefficient (Wildman–Crippen LogP) is 11.1. The second kappa shape index (κ2) is 9.65. The predicted molar refractivity (Wildman–Crippen MR) is 169 cm³/mol. The lowest BCUT2D eigenvalue weighted by atomic mass is 9.86. The minimum atomic E-state index is 1.15. The summed E-state index contributed by atoms with van der Waals surface area (Å²) >= 11 is 0. The van der Waals surface area contributed by atoms with Crippen LogP contribution in [-0.4, -0.2) is 0 Å². The molecule has 0 atom stereocenters. The van der Waals surface area contributed by atoms with Crippen LogP contribution in [0.2, 0.25) is 0 Å². The van der Waals surface area contributed by atoms with E-state index in [1.54, 1.807) is 0 Å². The molecular formula is C38H30. The Balaban J connectivity index is 1.61. The Morgan fingerprint density at radius 2 is 0.947 bits per heavy atom. The lowest BCUT2D eigenvalue weighted by Gasteiger charge is -2.17. The zero-order valence-corrected chi connectivity index (χ0v) is 22.0. The minimum absolute atomic E-state index is 1.15. The van der Waals surface area contributed by atoms with Crippen molar-refractivity contribution in [2.24, 2.45) is 0 Å². The Bertz CT molecular complexity index is 1770. The van der Waals surface area contributed by atoms with Crippen LogP contribution in [0.1, 0.15) is 25.0 Å². The van der Waals surface area contributed by atoms with Crippen molar-refractivity contribution in [3.05, 3.63) is 146 Å². The average molecular weight is 487 g/mol. The summed E-state index contributed by atoms with van der Waals surface area (Å²) in [5.74, 6) is 0. The normalized spacial score (nSPS) is 12.5. The van der Waals surface area contributed by atoms with Gasteiger partial charge in [-0.05, 0) is 103 Å². The Hall–Kier alpha value is -4.68. The van der Waals surface area contributed by atoms with E-state index >= 15 is 0 Å². The fourth-order valence-corrected chi connectivity index (χ4v) is 5.84. The van der Waals surface area contributed by atoms with E-state index in [1.165, 1.54) is 65.7 Å². The van der Waals surface area contributed by atoms with Crippen molar-refractivity contribution in [3.8, 4) is 22.3 Å². The van der Waals surface area contributed by atoms with Gasteiger partial charge in [-0.2, -0.15) is 0 Å².